The number of aromatic nitrogens is 3. The number of hydrogen-bond donors (Lipinski definition) is 1. The molecular formula is C19H22N4O2S. The van der Waals surface area contributed by atoms with Crippen LogP contribution in [-0.2, 0) is 0 Å². The zero-order chi connectivity index (χ0) is 18.3. The molecule has 4 rings (SSSR count). The normalized spacial score (nSPS) is 17.4. The van der Waals surface area contributed by atoms with Crippen LogP contribution in [0.3, 0.4) is 0 Å². The van der Waals surface area contributed by atoms with E-state index in [4.69, 9.17) is 4.52 Å². The number of rotatable bonds is 4. The second-order valence-corrected chi connectivity index (χ2v) is 8.33. The highest BCUT2D eigenvalue weighted by molar-refractivity contribution is 7.15. The molecule has 1 amide bonds. The molecule has 26 heavy (non-hydrogen) atoms. The van der Waals surface area contributed by atoms with E-state index >= 15 is 0 Å². The molecule has 6 nitrogen and oxygen atoms in total. The van der Waals surface area contributed by atoms with E-state index in [1.165, 1.54) is 4.88 Å². The van der Waals surface area contributed by atoms with E-state index in [-0.39, 0.29) is 17.9 Å². The number of hydrogen-bond acceptors (Lipinski definition) is 5. The summed E-state index contributed by atoms with van der Waals surface area (Å²) in [7, 11) is 0. The highest BCUT2D eigenvalue weighted by Gasteiger charge is 2.34. The zero-order valence-corrected chi connectivity index (χ0v) is 16.0. The SMILES string of the molecule is Cc1ccc(-c2cc(C(=O)N3CCC[C@@H]3c3cc(C(C)C)on3)n[nH]2)s1. The first-order valence-electron chi connectivity index (χ1n) is 8.92. The molecule has 0 bridgehead atoms. The Kier molecular flexibility index (Phi) is 4.40. The van der Waals surface area contributed by atoms with E-state index in [1.807, 2.05) is 23.1 Å². The van der Waals surface area contributed by atoms with Gasteiger partial charge in [-0.1, -0.05) is 19.0 Å². The van der Waals surface area contributed by atoms with Gasteiger partial charge in [-0.05, 0) is 38.0 Å². The lowest BCUT2D eigenvalue weighted by molar-refractivity contribution is 0.0724. The number of amides is 1. The van der Waals surface area contributed by atoms with Gasteiger partial charge in [-0.2, -0.15) is 5.10 Å². The number of aryl methyl sites for hydroxylation is 1. The van der Waals surface area contributed by atoms with Crippen LogP contribution < -0.4 is 0 Å². The van der Waals surface area contributed by atoms with Crippen molar-refractivity contribution < 1.29 is 9.32 Å². The summed E-state index contributed by atoms with van der Waals surface area (Å²) in [4.78, 5) is 17.2. The van der Waals surface area contributed by atoms with Gasteiger partial charge in [0.25, 0.3) is 5.91 Å². The van der Waals surface area contributed by atoms with Gasteiger partial charge in [0.1, 0.15) is 11.5 Å². The number of carbonyl (C=O) groups excluding carboxylic acids is 1. The van der Waals surface area contributed by atoms with Crippen LogP contribution in [0.4, 0.5) is 0 Å². The summed E-state index contributed by atoms with van der Waals surface area (Å²) in [6.07, 6.45) is 1.86. The van der Waals surface area contributed by atoms with E-state index in [2.05, 4.69) is 42.2 Å². The summed E-state index contributed by atoms with van der Waals surface area (Å²) in [6, 6.07) is 7.89. The Morgan fingerprint density at radius 3 is 2.92 bits per heavy atom. The highest BCUT2D eigenvalue weighted by Crippen LogP contribution is 2.34. The van der Waals surface area contributed by atoms with Crippen LogP contribution in [-0.4, -0.2) is 32.7 Å². The Morgan fingerprint density at radius 2 is 2.23 bits per heavy atom. The number of thiophene rings is 1. The fourth-order valence-electron chi connectivity index (χ4n) is 3.33. The molecule has 0 radical (unpaired) electrons. The van der Waals surface area contributed by atoms with Crippen molar-refractivity contribution in [3.63, 3.8) is 0 Å². The number of carbonyl (C=O) groups is 1. The van der Waals surface area contributed by atoms with Crippen LogP contribution in [0.1, 0.15) is 65.5 Å². The first-order chi connectivity index (χ1) is 12.5. The van der Waals surface area contributed by atoms with Crippen LogP contribution in [0, 0.1) is 6.92 Å². The zero-order valence-electron chi connectivity index (χ0n) is 15.2. The third-order valence-corrected chi connectivity index (χ3v) is 5.81. The van der Waals surface area contributed by atoms with E-state index < -0.39 is 0 Å². The molecule has 0 saturated carbocycles. The van der Waals surface area contributed by atoms with Crippen molar-refractivity contribution in [2.45, 2.75) is 45.6 Å². The summed E-state index contributed by atoms with van der Waals surface area (Å²) in [6.45, 7) is 6.92. The smallest absolute Gasteiger partial charge is 0.274 e. The number of nitrogens with one attached hydrogen (secondary N) is 1. The first-order valence-corrected chi connectivity index (χ1v) is 9.74. The van der Waals surface area contributed by atoms with Crippen molar-refractivity contribution >= 4 is 17.2 Å². The van der Waals surface area contributed by atoms with Gasteiger partial charge in [0.2, 0.25) is 0 Å². The molecule has 1 aliphatic heterocycles. The van der Waals surface area contributed by atoms with Crippen molar-refractivity contribution in [3.05, 3.63) is 46.3 Å². The van der Waals surface area contributed by atoms with Gasteiger partial charge < -0.3 is 9.42 Å². The van der Waals surface area contributed by atoms with E-state index in [0.717, 1.165) is 34.9 Å². The molecule has 3 aromatic rings. The fourth-order valence-corrected chi connectivity index (χ4v) is 4.17. The van der Waals surface area contributed by atoms with Crippen LogP contribution in [0.2, 0.25) is 0 Å². The lowest BCUT2D eigenvalue weighted by atomic mass is 10.1. The van der Waals surface area contributed by atoms with E-state index in [1.54, 1.807) is 11.3 Å². The molecule has 7 heteroatoms. The van der Waals surface area contributed by atoms with Crippen molar-refractivity contribution in [2.24, 2.45) is 0 Å². The van der Waals surface area contributed by atoms with Crippen LogP contribution in [0.15, 0.2) is 28.8 Å². The molecular weight excluding hydrogens is 348 g/mol. The summed E-state index contributed by atoms with van der Waals surface area (Å²) in [5.41, 5.74) is 2.17. The van der Waals surface area contributed by atoms with Gasteiger partial charge in [0.15, 0.2) is 5.69 Å². The second kappa shape index (κ2) is 6.72. The van der Waals surface area contributed by atoms with Crippen LogP contribution in [0.25, 0.3) is 10.6 Å². The average Bonchev–Trinajstić information content (AvgIpc) is 3.37. The molecule has 3 aromatic heterocycles. The number of nitrogens with zero attached hydrogens (tertiary/aromatic N) is 3. The summed E-state index contributed by atoms with van der Waals surface area (Å²) in [5.74, 6) is 1.08. The minimum absolute atomic E-state index is 0.0390. The van der Waals surface area contributed by atoms with E-state index in [0.29, 0.717) is 12.2 Å². The van der Waals surface area contributed by atoms with Crippen LogP contribution >= 0.6 is 11.3 Å². The maximum atomic E-state index is 13.0. The molecule has 1 atom stereocenters. The number of aromatic amines is 1. The maximum absolute atomic E-state index is 13.0. The summed E-state index contributed by atoms with van der Waals surface area (Å²) >= 11 is 1.68. The molecule has 1 saturated heterocycles. The van der Waals surface area contributed by atoms with Crippen molar-refractivity contribution in [3.8, 4) is 10.6 Å². The van der Waals surface area contributed by atoms with Crippen molar-refractivity contribution in [1.29, 1.82) is 0 Å². The van der Waals surface area contributed by atoms with Gasteiger partial charge >= 0.3 is 0 Å². The monoisotopic (exact) mass is 370 g/mol. The molecule has 0 aliphatic carbocycles. The largest absolute Gasteiger partial charge is 0.361 e. The Morgan fingerprint density at radius 1 is 1.38 bits per heavy atom. The molecule has 136 valence electrons. The van der Waals surface area contributed by atoms with Gasteiger partial charge in [-0.3, -0.25) is 9.89 Å². The molecule has 0 unspecified atom stereocenters. The van der Waals surface area contributed by atoms with Gasteiger partial charge in [0.05, 0.1) is 16.6 Å². The standard InChI is InChI=1S/C19H22N4O2S/c1-11(2)17-10-13(22-25-17)16-5-4-8-23(16)19(24)15-9-14(20-21-15)18-7-6-12(3)26-18/h6-7,9-11,16H,4-5,8H2,1-3H3,(H,20,21)/t16-/m1/s1. The minimum Gasteiger partial charge on any atom is -0.361 e. The Balaban J connectivity index is 1.56. The highest BCUT2D eigenvalue weighted by atomic mass is 32.1. The predicted molar refractivity (Wildman–Crippen MR) is 100 cm³/mol. The average molecular weight is 370 g/mol. The Labute approximate surface area is 156 Å². The number of H-pyrrole nitrogens is 1. The lowest BCUT2D eigenvalue weighted by Gasteiger charge is -2.21. The fraction of sp³-hybridized carbons (Fsp3) is 0.421. The number of likely N-dealkylation sites (tertiary alicyclic amines) is 1. The molecule has 1 aliphatic rings. The second-order valence-electron chi connectivity index (χ2n) is 7.04. The molecule has 1 fully saturated rings. The third-order valence-electron chi connectivity index (χ3n) is 4.77. The summed E-state index contributed by atoms with van der Waals surface area (Å²) < 4.78 is 5.43. The molecule has 0 aromatic carbocycles. The topological polar surface area (TPSA) is 75.0 Å². The van der Waals surface area contributed by atoms with Crippen molar-refractivity contribution in [1.82, 2.24) is 20.3 Å². The lowest BCUT2D eigenvalue weighted by Crippen LogP contribution is -2.31. The van der Waals surface area contributed by atoms with Gasteiger partial charge in [-0.25, -0.2) is 0 Å². The van der Waals surface area contributed by atoms with Crippen LogP contribution in [0.5, 0.6) is 0 Å². The third kappa shape index (κ3) is 3.07. The van der Waals surface area contributed by atoms with Gasteiger partial charge in [-0.15, -0.1) is 11.3 Å². The Hall–Kier alpha value is -2.41. The summed E-state index contributed by atoms with van der Waals surface area (Å²) in [5, 5.41) is 11.5. The first kappa shape index (κ1) is 17.0. The van der Waals surface area contributed by atoms with E-state index in [9.17, 15) is 4.79 Å². The quantitative estimate of drug-likeness (QED) is 0.732. The molecule has 4 heterocycles. The van der Waals surface area contributed by atoms with Gasteiger partial charge in [0, 0.05) is 23.4 Å². The minimum atomic E-state index is -0.0580. The molecule has 1 N–H and O–H groups in total. The predicted octanol–water partition coefficient (Wildman–Crippen LogP) is 4.54. The van der Waals surface area contributed by atoms with Crippen molar-refractivity contribution in [2.75, 3.05) is 6.54 Å². The Bertz CT molecular complexity index is 924. The maximum Gasteiger partial charge on any atom is 0.274 e. The molecule has 0 spiro atoms.